The fraction of sp³-hybridized carbons (Fsp3) is 0.500. The van der Waals surface area contributed by atoms with Gasteiger partial charge in [0.1, 0.15) is 10.6 Å². The van der Waals surface area contributed by atoms with E-state index in [4.69, 9.17) is 5.73 Å². The average molecular weight is 361 g/mol. The summed E-state index contributed by atoms with van der Waals surface area (Å²) in [7, 11) is -4.07. The number of piperidine rings is 1. The van der Waals surface area contributed by atoms with Gasteiger partial charge in [-0.2, -0.15) is 4.31 Å². The Bertz CT molecular complexity index is 610. The highest BCUT2D eigenvalue weighted by Gasteiger charge is 2.36. The van der Waals surface area contributed by atoms with E-state index in [0.29, 0.717) is 12.8 Å². The number of hydrogen-bond donors (Lipinski definition) is 1. The monoisotopic (exact) mass is 360 g/mol. The van der Waals surface area contributed by atoms with E-state index < -0.39 is 27.0 Å². The lowest BCUT2D eigenvalue weighted by Gasteiger charge is -2.30. The van der Waals surface area contributed by atoms with Crippen LogP contribution in [0.4, 0.5) is 13.2 Å². The first-order valence-electron chi connectivity index (χ1n) is 6.30. The smallest absolute Gasteiger partial charge is 0.404 e. The van der Waals surface area contributed by atoms with Crippen LogP contribution < -0.4 is 10.5 Å². The Morgan fingerprint density at radius 2 is 1.91 bits per heavy atom. The first kappa shape index (κ1) is 19.0. The van der Waals surface area contributed by atoms with Crippen molar-refractivity contribution in [3.05, 3.63) is 24.3 Å². The summed E-state index contributed by atoms with van der Waals surface area (Å²) < 4.78 is 66.9. The van der Waals surface area contributed by atoms with Gasteiger partial charge >= 0.3 is 6.36 Å². The molecule has 0 spiro atoms. The van der Waals surface area contributed by atoms with Crippen molar-refractivity contribution < 1.29 is 26.3 Å². The molecule has 0 bridgehead atoms. The van der Waals surface area contributed by atoms with Crippen molar-refractivity contribution in [1.29, 1.82) is 0 Å². The van der Waals surface area contributed by atoms with Crippen molar-refractivity contribution in [2.75, 3.05) is 13.1 Å². The lowest BCUT2D eigenvalue weighted by atomic mass is 10.1. The molecule has 1 aromatic rings. The Labute approximate surface area is 132 Å². The van der Waals surface area contributed by atoms with Gasteiger partial charge in [-0.1, -0.05) is 12.1 Å². The van der Waals surface area contributed by atoms with Gasteiger partial charge in [-0.3, -0.25) is 0 Å². The zero-order chi connectivity index (χ0) is 15.7. The maximum atomic E-state index is 12.5. The molecule has 126 valence electrons. The second kappa shape index (κ2) is 7.03. The lowest BCUT2D eigenvalue weighted by molar-refractivity contribution is -0.275. The molecule has 1 aliphatic rings. The number of nitrogens with two attached hydrogens (primary N) is 1. The van der Waals surface area contributed by atoms with Crippen LogP contribution in [0.1, 0.15) is 12.8 Å². The molecule has 10 heteroatoms. The summed E-state index contributed by atoms with van der Waals surface area (Å²) in [6.45, 7) is 0.319. The second-order valence-corrected chi connectivity index (χ2v) is 6.67. The van der Waals surface area contributed by atoms with E-state index in [1.807, 2.05) is 0 Å². The van der Waals surface area contributed by atoms with E-state index in [0.717, 1.165) is 16.4 Å². The number of para-hydroxylation sites is 1. The maximum Gasteiger partial charge on any atom is 0.573 e. The van der Waals surface area contributed by atoms with Crippen LogP contribution in [0, 0.1) is 0 Å². The van der Waals surface area contributed by atoms with Crippen molar-refractivity contribution in [1.82, 2.24) is 4.31 Å². The molecule has 0 amide bonds. The van der Waals surface area contributed by atoms with Crippen LogP contribution in [-0.4, -0.2) is 38.2 Å². The van der Waals surface area contributed by atoms with E-state index in [-0.39, 0.29) is 31.5 Å². The summed E-state index contributed by atoms with van der Waals surface area (Å²) in [5.74, 6) is -0.732. The van der Waals surface area contributed by atoms with Gasteiger partial charge in [0.15, 0.2) is 0 Å². The lowest BCUT2D eigenvalue weighted by Crippen LogP contribution is -2.45. The van der Waals surface area contributed by atoms with Gasteiger partial charge in [0, 0.05) is 19.1 Å². The number of benzene rings is 1. The van der Waals surface area contributed by atoms with Crippen molar-refractivity contribution >= 4 is 22.4 Å². The molecular weight excluding hydrogens is 345 g/mol. The third-order valence-electron chi connectivity index (χ3n) is 3.11. The van der Waals surface area contributed by atoms with Crippen LogP contribution in [-0.2, 0) is 10.0 Å². The highest BCUT2D eigenvalue weighted by atomic mass is 35.5. The topological polar surface area (TPSA) is 72.6 Å². The van der Waals surface area contributed by atoms with Gasteiger partial charge in [0.25, 0.3) is 0 Å². The number of hydrogen-bond acceptors (Lipinski definition) is 4. The van der Waals surface area contributed by atoms with E-state index in [9.17, 15) is 21.6 Å². The van der Waals surface area contributed by atoms with Crippen molar-refractivity contribution in [2.24, 2.45) is 5.73 Å². The molecule has 0 unspecified atom stereocenters. The SMILES string of the molecule is Cl.N[C@@H]1CCCN(S(=O)(=O)c2ccccc2OC(F)(F)F)C1. The highest BCUT2D eigenvalue weighted by molar-refractivity contribution is 7.89. The van der Waals surface area contributed by atoms with Crippen LogP contribution in [0.15, 0.2) is 29.2 Å². The second-order valence-electron chi connectivity index (χ2n) is 4.76. The number of alkyl halides is 3. The number of rotatable bonds is 3. The van der Waals surface area contributed by atoms with Crippen LogP contribution in [0.5, 0.6) is 5.75 Å². The number of ether oxygens (including phenoxy) is 1. The summed E-state index contributed by atoms with van der Waals surface area (Å²) >= 11 is 0. The third-order valence-corrected chi connectivity index (χ3v) is 5.02. The molecule has 1 saturated heterocycles. The van der Waals surface area contributed by atoms with Crippen molar-refractivity contribution in [2.45, 2.75) is 30.1 Å². The molecule has 0 aliphatic carbocycles. The van der Waals surface area contributed by atoms with Crippen LogP contribution in [0.2, 0.25) is 0 Å². The molecule has 1 aromatic carbocycles. The summed E-state index contributed by atoms with van der Waals surface area (Å²) in [5.41, 5.74) is 5.72. The van der Waals surface area contributed by atoms with Crippen molar-refractivity contribution in [3.63, 3.8) is 0 Å². The number of nitrogens with zero attached hydrogens (tertiary/aromatic N) is 1. The fourth-order valence-electron chi connectivity index (χ4n) is 2.20. The molecule has 2 rings (SSSR count). The first-order chi connectivity index (χ1) is 9.70. The van der Waals surface area contributed by atoms with E-state index in [1.165, 1.54) is 12.1 Å². The molecular formula is C12H16ClF3N2O3S. The Morgan fingerprint density at radius 1 is 1.27 bits per heavy atom. The molecule has 0 aromatic heterocycles. The molecule has 22 heavy (non-hydrogen) atoms. The van der Waals surface area contributed by atoms with Gasteiger partial charge in [-0.15, -0.1) is 25.6 Å². The van der Waals surface area contributed by atoms with E-state index in [1.54, 1.807) is 0 Å². The van der Waals surface area contributed by atoms with Crippen LogP contribution >= 0.6 is 12.4 Å². The largest absolute Gasteiger partial charge is 0.573 e. The van der Waals surface area contributed by atoms with E-state index >= 15 is 0 Å². The predicted molar refractivity (Wildman–Crippen MR) is 76.3 cm³/mol. The molecule has 0 radical (unpaired) electrons. The Morgan fingerprint density at radius 3 is 2.50 bits per heavy atom. The maximum absolute atomic E-state index is 12.5. The molecule has 1 heterocycles. The minimum Gasteiger partial charge on any atom is -0.404 e. The predicted octanol–water partition coefficient (Wildman–Crippen LogP) is 2.12. The zero-order valence-electron chi connectivity index (χ0n) is 11.4. The minimum atomic E-state index is -4.95. The van der Waals surface area contributed by atoms with Gasteiger partial charge in [-0.05, 0) is 25.0 Å². The van der Waals surface area contributed by atoms with Gasteiger partial charge in [0.2, 0.25) is 10.0 Å². The van der Waals surface area contributed by atoms with Crippen molar-refractivity contribution in [3.8, 4) is 5.75 Å². The summed E-state index contributed by atoms with van der Waals surface area (Å²) in [5, 5.41) is 0. The van der Waals surface area contributed by atoms with Gasteiger partial charge in [0.05, 0.1) is 0 Å². The molecule has 1 fully saturated rings. The summed E-state index contributed by atoms with van der Waals surface area (Å²) in [4.78, 5) is -0.503. The van der Waals surface area contributed by atoms with Gasteiger partial charge in [-0.25, -0.2) is 8.42 Å². The Balaban J connectivity index is 0.00000242. The molecule has 2 N–H and O–H groups in total. The molecule has 0 saturated carbocycles. The molecule has 5 nitrogen and oxygen atoms in total. The third kappa shape index (κ3) is 4.48. The minimum absolute atomic E-state index is 0. The standard InChI is InChI=1S/C12H15F3N2O3S.ClH/c13-12(14,15)20-10-5-1-2-6-11(10)21(18,19)17-7-3-4-9(16)8-17;/h1-2,5-6,9H,3-4,7-8,16H2;1H/t9-;/m1./s1. The Kier molecular flexibility index (Phi) is 6.08. The summed E-state index contributed by atoms with van der Waals surface area (Å²) in [6, 6.07) is 4.38. The number of sulfonamides is 1. The Hall–Kier alpha value is -1.03. The quantitative estimate of drug-likeness (QED) is 0.896. The van der Waals surface area contributed by atoms with Gasteiger partial charge < -0.3 is 10.5 Å². The van der Waals surface area contributed by atoms with Crippen LogP contribution in [0.3, 0.4) is 0 Å². The van der Waals surface area contributed by atoms with Crippen LogP contribution in [0.25, 0.3) is 0 Å². The fourth-order valence-corrected chi connectivity index (χ4v) is 3.85. The first-order valence-corrected chi connectivity index (χ1v) is 7.74. The average Bonchev–Trinajstić information content (AvgIpc) is 2.37. The zero-order valence-corrected chi connectivity index (χ0v) is 13.0. The normalized spacial score (nSPS) is 20.3. The highest BCUT2D eigenvalue weighted by Crippen LogP contribution is 2.32. The number of halogens is 4. The summed E-state index contributed by atoms with van der Waals surface area (Å²) in [6.07, 6.45) is -3.70. The van der Waals surface area contributed by atoms with E-state index in [2.05, 4.69) is 4.74 Å². The molecule has 1 aliphatic heterocycles. The molecule has 1 atom stereocenters.